The molecular weight excluding hydrogens is 240 g/mol. The van der Waals surface area contributed by atoms with E-state index in [2.05, 4.69) is 11.9 Å². The van der Waals surface area contributed by atoms with Crippen LogP contribution in [0.25, 0.3) is 0 Å². The Morgan fingerprint density at radius 3 is 3.05 bits per heavy atom. The lowest BCUT2D eigenvalue weighted by atomic mass is 10.1. The van der Waals surface area contributed by atoms with E-state index in [0.717, 1.165) is 19.5 Å². The molecule has 0 spiro atoms. The van der Waals surface area contributed by atoms with Crippen molar-refractivity contribution in [2.45, 2.75) is 12.5 Å². The number of likely N-dealkylation sites (N-methyl/N-ethyl adjacent to an activating group) is 1. The summed E-state index contributed by atoms with van der Waals surface area (Å²) in [5.74, 6) is 0.624. The van der Waals surface area contributed by atoms with Gasteiger partial charge >= 0.3 is 0 Å². The van der Waals surface area contributed by atoms with Crippen molar-refractivity contribution in [2.75, 3.05) is 26.7 Å². The van der Waals surface area contributed by atoms with Gasteiger partial charge in [-0.15, -0.1) is 0 Å². The summed E-state index contributed by atoms with van der Waals surface area (Å²) in [5, 5.41) is 3.27. The number of ether oxygens (including phenoxy) is 1. The first-order valence-electron chi connectivity index (χ1n) is 6.54. The van der Waals surface area contributed by atoms with Crippen LogP contribution in [-0.4, -0.2) is 43.6 Å². The predicted octanol–water partition coefficient (Wildman–Crippen LogP) is 1.69. The van der Waals surface area contributed by atoms with Crippen LogP contribution in [-0.2, 0) is 0 Å². The number of para-hydroxylation sites is 1. The molecule has 19 heavy (non-hydrogen) atoms. The number of nitrogens with one attached hydrogen (secondary N) is 1. The van der Waals surface area contributed by atoms with Crippen molar-refractivity contribution in [3.8, 4) is 5.75 Å². The molecule has 2 rings (SSSR count). The summed E-state index contributed by atoms with van der Waals surface area (Å²) in [6.45, 7) is 5.85. The Bertz CT molecular complexity index is 453. The zero-order valence-electron chi connectivity index (χ0n) is 11.3. The van der Waals surface area contributed by atoms with E-state index in [1.54, 1.807) is 17.0 Å². The first-order valence-corrected chi connectivity index (χ1v) is 6.54. The van der Waals surface area contributed by atoms with Gasteiger partial charge in [-0.3, -0.25) is 4.79 Å². The molecule has 1 aromatic carbocycles. The van der Waals surface area contributed by atoms with Gasteiger partial charge in [0, 0.05) is 19.6 Å². The molecule has 0 aromatic heterocycles. The van der Waals surface area contributed by atoms with Gasteiger partial charge in [-0.25, -0.2) is 0 Å². The Morgan fingerprint density at radius 2 is 2.37 bits per heavy atom. The molecule has 1 fully saturated rings. The van der Waals surface area contributed by atoms with Crippen molar-refractivity contribution in [3.05, 3.63) is 42.5 Å². The van der Waals surface area contributed by atoms with E-state index in [4.69, 9.17) is 4.74 Å². The molecule has 1 amide bonds. The third-order valence-corrected chi connectivity index (χ3v) is 3.38. The minimum absolute atomic E-state index is 0.00774. The van der Waals surface area contributed by atoms with Crippen molar-refractivity contribution in [2.24, 2.45) is 0 Å². The lowest BCUT2D eigenvalue weighted by Gasteiger charge is -2.24. The highest BCUT2D eigenvalue weighted by Gasteiger charge is 2.25. The molecule has 1 aliphatic heterocycles. The fraction of sp³-hybridized carbons (Fsp3) is 0.400. The number of carbonyl (C=O) groups excluding carboxylic acids is 1. The second kappa shape index (κ2) is 6.38. The molecule has 1 N–H and O–H groups in total. The lowest BCUT2D eigenvalue weighted by Crippen LogP contribution is -2.38. The topological polar surface area (TPSA) is 41.6 Å². The van der Waals surface area contributed by atoms with Crippen LogP contribution in [0.2, 0.25) is 0 Å². The average molecular weight is 260 g/mol. The lowest BCUT2D eigenvalue weighted by molar-refractivity contribution is 0.0740. The van der Waals surface area contributed by atoms with Gasteiger partial charge in [0.05, 0.1) is 5.56 Å². The number of nitrogens with zero attached hydrogens (tertiary/aromatic N) is 1. The van der Waals surface area contributed by atoms with Crippen molar-refractivity contribution in [1.82, 2.24) is 10.2 Å². The molecule has 4 heteroatoms. The standard InChI is InChI=1S/C15H20N2O2/c1-3-10-19-14-7-5-4-6-13(14)15(18)17(2)12-8-9-16-11-12/h3-7,12,16H,1,8-11H2,2H3. The number of hydrogen-bond donors (Lipinski definition) is 1. The Kier molecular flexibility index (Phi) is 4.58. The quantitative estimate of drug-likeness (QED) is 0.819. The maximum Gasteiger partial charge on any atom is 0.257 e. The highest BCUT2D eigenvalue weighted by Crippen LogP contribution is 2.21. The molecule has 1 atom stereocenters. The van der Waals surface area contributed by atoms with Crippen molar-refractivity contribution in [3.63, 3.8) is 0 Å². The van der Waals surface area contributed by atoms with Crippen LogP contribution in [0.3, 0.4) is 0 Å². The van der Waals surface area contributed by atoms with Crippen LogP contribution in [0.15, 0.2) is 36.9 Å². The van der Waals surface area contributed by atoms with E-state index in [0.29, 0.717) is 17.9 Å². The predicted molar refractivity (Wildman–Crippen MR) is 75.5 cm³/mol. The van der Waals surface area contributed by atoms with Crippen LogP contribution in [0.5, 0.6) is 5.75 Å². The van der Waals surface area contributed by atoms with E-state index in [1.165, 1.54) is 0 Å². The minimum atomic E-state index is 0.00774. The van der Waals surface area contributed by atoms with Gasteiger partial charge in [-0.1, -0.05) is 24.8 Å². The summed E-state index contributed by atoms with van der Waals surface area (Å²) in [6, 6.07) is 7.61. The number of carbonyl (C=O) groups is 1. The van der Waals surface area contributed by atoms with Crippen molar-refractivity contribution < 1.29 is 9.53 Å². The van der Waals surface area contributed by atoms with E-state index in [-0.39, 0.29) is 11.9 Å². The Morgan fingerprint density at radius 1 is 1.58 bits per heavy atom. The molecule has 1 saturated heterocycles. The zero-order valence-corrected chi connectivity index (χ0v) is 11.3. The molecule has 102 valence electrons. The van der Waals surface area contributed by atoms with Gasteiger partial charge in [-0.05, 0) is 25.1 Å². The summed E-state index contributed by atoms with van der Waals surface area (Å²) in [5.41, 5.74) is 0.610. The largest absolute Gasteiger partial charge is 0.489 e. The molecule has 1 aromatic rings. The molecule has 4 nitrogen and oxygen atoms in total. The number of rotatable bonds is 5. The number of benzene rings is 1. The monoisotopic (exact) mass is 260 g/mol. The molecular formula is C15H20N2O2. The fourth-order valence-electron chi connectivity index (χ4n) is 2.24. The number of amides is 1. The second-order valence-corrected chi connectivity index (χ2v) is 4.66. The van der Waals surface area contributed by atoms with E-state index >= 15 is 0 Å². The first kappa shape index (κ1) is 13.6. The Hall–Kier alpha value is -1.81. The molecule has 1 aliphatic rings. The van der Waals surface area contributed by atoms with Crippen LogP contribution >= 0.6 is 0 Å². The van der Waals surface area contributed by atoms with Gasteiger partial charge in [0.1, 0.15) is 12.4 Å². The smallest absolute Gasteiger partial charge is 0.257 e. The van der Waals surface area contributed by atoms with Gasteiger partial charge < -0.3 is 15.0 Å². The van der Waals surface area contributed by atoms with E-state index in [9.17, 15) is 4.79 Å². The van der Waals surface area contributed by atoms with Crippen LogP contribution < -0.4 is 10.1 Å². The maximum atomic E-state index is 12.5. The summed E-state index contributed by atoms with van der Waals surface area (Å²) in [7, 11) is 1.85. The zero-order chi connectivity index (χ0) is 13.7. The molecule has 0 aliphatic carbocycles. The molecule has 0 saturated carbocycles. The van der Waals surface area contributed by atoms with Crippen LogP contribution in [0.4, 0.5) is 0 Å². The normalized spacial score (nSPS) is 18.1. The summed E-state index contributed by atoms with van der Waals surface area (Å²) >= 11 is 0. The molecule has 1 unspecified atom stereocenters. The average Bonchev–Trinajstić information content (AvgIpc) is 2.98. The van der Waals surface area contributed by atoms with Crippen LogP contribution in [0, 0.1) is 0 Å². The SMILES string of the molecule is C=CCOc1ccccc1C(=O)N(C)C1CCNC1. The van der Waals surface area contributed by atoms with Gasteiger partial charge in [-0.2, -0.15) is 0 Å². The van der Waals surface area contributed by atoms with E-state index in [1.807, 2.05) is 25.2 Å². The molecule has 0 bridgehead atoms. The summed E-state index contributed by atoms with van der Waals surface area (Å²) in [4.78, 5) is 14.3. The summed E-state index contributed by atoms with van der Waals surface area (Å²) in [6.07, 6.45) is 2.67. The van der Waals surface area contributed by atoms with Crippen molar-refractivity contribution >= 4 is 5.91 Å². The minimum Gasteiger partial charge on any atom is -0.489 e. The maximum absolute atomic E-state index is 12.5. The van der Waals surface area contributed by atoms with Crippen molar-refractivity contribution in [1.29, 1.82) is 0 Å². The number of hydrogen-bond acceptors (Lipinski definition) is 3. The second-order valence-electron chi connectivity index (χ2n) is 4.66. The van der Waals surface area contributed by atoms with E-state index < -0.39 is 0 Å². The van der Waals surface area contributed by atoms with Gasteiger partial charge in [0.15, 0.2) is 0 Å². The Balaban J connectivity index is 2.15. The third-order valence-electron chi connectivity index (χ3n) is 3.38. The third kappa shape index (κ3) is 3.15. The highest BCUT2D eigenvalue weighted by molar-refractivity contribution is 5.97. The van der Waals surface area contributed by atoms with Gasteiger partial charge in [0.25, 0.3) is 5.91 Å². The fourth-order valence-corrected chi connectivity index (χ4v) is 2.24. The molecule has 0 radical (unpaired) electrons. The molecule has 1 heterocycles. The Labute approximate surface area is 114 Å². The highest BCUT2D eigenvalue weighted by atomic mass is 16.5. The summed E-state index contributed by atoms with van der Waals surface area (Å²) < 4.78 is 5.54. The van der Waals surface area contributed by atoms with Gasteiger partial charge in [0.2, 0.25) is 0 Å². The van der Waals surface area contributed by atoms with Crippen LogP contribution in [0.1, 0.15) is 16.8 Å². The first-order chi connectivity index (χ1) is 9.24.